The Bertz CT molecular complexity index is 574. The van der Waals surface area contributed by atoms with E-state index in [-0.39, 0.29) is 5.41 Å². The third-order valence-electron chi connectivity index (χ3n) is 4.61. The molecule has 0 bridgehead atoms. The van der Waals surface area contributed by atoms with Crippen LogP contribution in [0.3, 0.4) is 0 Å². The topological polar surface area (TPSA) is 35.8 Å². The number of hydrogen-bond acceptors (Lipinski definition) is 3. The van der Waals surface area contributed by atoms with Gasteiger partial charge in [0.05, 0.1) is 0 Å². The summed E-state index contributed by atoms with van der Waals surface area (Å²) in [6, 6.07) is 8.27. The van der Waals surface area contributed by atoms with Crippen molar-refractivity contribution in [2.45, 2.75) is 32.3 Å². The third kappa shape index (κ3) is 1.45. The maximum atomic E-state index is 11.3. The maximum absolute atomic E-state index is 11.3. The second-order valence-electron chi connectivity index (χ2n) is 6.95. The molecule has 0 spiro atoms. The normalized spacial score (nSPS) is 31.7. The first-order chi connectivity index (χ1) is 9.02. The van der Waals surface area contributed by atoms with Gasteiger partial charge >= 0.3 is 0 Å². The van der Waals surface area contributed by atoms with Gasteiger partial charge in [0.1, 0.15) is 5.84 Å². The van der Waals surface area contributed by atoms with Gasteiger partial charge in [0.2, 0.25) is 0 Å². The molecule has 4 rings (SSSR count). The molecular weight excluding hydrogens is 236 g/mol. The van der Waals surface area contributed by atoms with E-state index in [2.05, 4.69) is 36.9 Å². The molecule has 1 aromatic rings. The summed E-state index contributed by atoms with van der Waals surface area (Å²) < 4.78 is 0. The predicted octanol–water partition coefficient (Wildman–Crippen LogP) is 2.54. The number of hydrogen-bond donors (Lipinski definition) is 1. The van der Waals surface area contributed by atoms with Crippen molar-refractivity contribution in [2.75, 3.05) is 18.0 Å². The summed E-state index contributed by atoms with van der Waals surface area (Å²) in [4.78, 5) is 7.01. The van der Waals surface area contributed by atoms with Gasteiger partial charge in [0, 0.05) is 29.8 Å². The van der Waals surface area contributed by atoms with Gasteiger partial charge in [-0.05, 0) is 24.8 Å². The molecule has 3 heteroatoms. The van der Waals surface area contributed by atoms with Crippen molar-refractivity contribution in [1.82, 2.24) is 0 Å². The Balaban J connectivity index is 1.92. The molecule has 2 heterocycles. The molecule has 1 N–H and O–H groups in total. The van der Waals surface area contributed by atoms with E-state index in [0.717, 1.165) is 43.0 Å². The molecule has 1 atom stereocenters. The van der Waals surface area contributed by atoms with Gasteiger partial charge in [0.15, 0.2) is 5.60 Å². The third-order valence-corrected chi connectivity index (χ3v) is 4.61. The minimum absolute atomic E-state index is 0.172. The highest BCUT2D eigenvalue weighted by molar-refractivity contribution is 6.11. The molecule has 19 heavy (non-hydrogen) atoms. The fraction of sp³-hybridized carbons (Fsp3) is 0.562. The van der Waals surface area contributed by atoms with Crippen LogP contribution in [0.25, 0.3) is 0 Å². The second kappa shape index (κ2) is 3.40. The van der Waals surface area contributed by atoms with E-state index in [1.165, 1.54) is 0 Å². The first-order valence-electron chi connectivity index (χ1n) is 7.17. The van der Waals surface area contributed by atoms with E-state index in [9.17, 15) is 5.11 Å². The number of fused-ring (bicyclic) bond motifs is 3. The molecule has 2 aliphatic heterocycles. The molecule has 100 valence electrons. The minimum Gasteiger partial charge on any atom is -0.377 e. The monoisotopic (exact) mass is 256 g/mol. The van der Waals surface area contributed by atoms with Crippen LogP contribution in [0.5, 0.6) is 0 Å². The van der Waals surface area contributed by atoms with Gasteiger partial charge < -0.3 is 10.0 Å². The van der Waals surface area contributed by atoms with Crippen LogP contribution in [-0.2, 0) is 5.60 Å². The molecule has 3 aliphatic rings. The van der Waals surface area contributed by atoms with E-state index in [1.54, 1.807) is 0 Å². The number of rotatable bonds is 1. The molecule has 0 saturated heterocycles. The molecule has 0 amide bonds. The maximum Gasteiger partial charge on any atom is 0.152 e. The number of aliphatic imine (C=N–C) groups is 1. The molecule has 1 aliphatic carbocycles. The zero-order valence-electron chi connectivity index (χ0n) is 11.6. The van der Waals surface area contributed by atoms with Gasteiger partial charge in [0.25, 0.3) is 0 Å². The number of nitrogens with zero attached hydrogens (tertiary/aromatic N) is 2. The predicted molar refractivity (Wildman–Crippen MR) is 76.5 cm³/mol. The van der Waals surface area contributed by atoms with Crippen molar-refractivity contribution in [3.63, 3.8) is 0 Å². The van der Waals surface area contributed by atoms with Crippen LogP contribution in [-0.4, -0.2) is 24.0 Å². The lowest BCUT2D eigenvalue weighted by Crippen LogP contribution is -2.49. The average Bonchev–Trinajstić information content (AvgIpc) is 3.18. The Morgan fingerprint density at radius 1 is 1.26 bits per heavy atom. The van der Waals surface area contributed by atoms with Gasteiger partial charge in [-0.15, -0.1) is 0 Å². The van der Waals surface area contributed by atoms with Gasteiger partial charge in [-0.25, -0.2) is 0 Å². The second-order valence-corrected chi connectivity index (χ2v) is 6.95. The fourth-order valence-electron chi connectivity index (χ4n) is 3.51. The molecule has 1 saturated carbocycles. The summed E-state index contributed by atoms with van der Waals surface area (Å²) >= 11 is 0. The smallest absolute Gasteiger partial charge is 0.152 e. The lowest BCUT2D eigenvalue weighted by molar-refractivity contribution is 0.0885. The first-order valence-corrected chi connectivity index (χ1v) is 7.17. The van der Waals surface area contributed by atoms with Crippen LogP contribution < -0.4 is 4.90 Å². The van der Waals surface area contributed by atoms with E-state index in [4.69, 9.17) is 4.99 Å². The van der Waals surface area contributed by atoms with Crippen molar-refractivity contribution in [3.8, 4) is 0 Å². The van der Waals surface area contributed by atoms with Crippen LogP contribution in [0.4, 0.5) is 5.69 Å². The molecule has 3 nitrogen and oxygen atoms in total. The Hall–Kier alpha value is -1.35. The van der Waals surface area contributed by atoms with E-state index >= 15 is 0 Å². The summed E-state index contributed by atoms with van der Waals surface area (Å²) in [6.07, 6.45) is 2.22. The SMILES string of the molecule is CC1(C)CN=C2N(C1)c1ccccc1C2(O)C1CC1. The average molecular weight is 256 g/mol. The summed E-state index contributed by atoms with van der Waals surface area (Å²) in [5.41, 5.74) is 1.57. The summed E-state index contributed by atoms with van der Waals surface area (Å²) in [5.74, 6) is 1.26. The largest absolute Gasteiger partial charge is 0.377 e. The quantitative estimate of drug-likeness (QED) is 0.838. The number of para-hydroxylation sites is 1. The Kier molecular flexibility index (Phi) is 2.05. The lowest BCUT2D eigenvalue weighted by Gasteiger charge is -2.37. The Morgan fingerprint density at radius 2 is 2.00 bits per heavy atom. The molecule has 1 fully saturated rings. The summed E-state index contributed by atoms with van der Waals surface area (Å²) in [7, 11) is 0. The number of anilines is 1. The van der Waals surface area contributed by atoms with Crippen LogP contribution in [0, 0.1) is 11.3 Å². The van der Waals surface area contributed by atoms with E-state index in [0.29, 0.717) is 5.92 Å². The molecule has 1 aromatic carbocycles. The van der Waals surface area contributed by atoms with Crippen molar-refractivity contribution in [1.29, 1.82) is 0 Å². The number of amidine groups is 1. The van der Waals surface area contributed by atoms with Gasteiger partial charge in [-0.2, -0.15) is 0 Å². The highest BCUT2D eigenvalue weighted by Gasteiger charge is 2.57. The highest BCUT2D eigenvalue weighted by atomic mass is 16.3. The molecule has 0 radical (unpaired) electrons. The van der Waals surface area contributed by atoms with Crippen LogP contribution in [0.15, 0.2) is 29.3 Å². The summed E-state index contributed by atoms with van der Waals surface area (Å²) in [5, 5.41) is 11.3. The van der Waals surface area contributed by atoms with Crippen LogP contribution in [0.2, 0.25) is 0 Å². The van der Waals surface area contributed by atoms with Gasteiger partial charge in [-0.1, -0.05) is 32.0 Å². The standard InChI is InChI=1S/C16H20N2O/c1-15(2)9-17-14-16(19,11-7-8-11)12-5-3-4-6-13(12)18(14)10-15/h3-6,11,19H,7-10H2,1-2H3. The van der Waals surface area contributed by atoms with Crippen molar-refractivity contribution < 1.29 is 5.11 Å². The Labute approximate surface area is 114 Å². The van der Waals surface area contributed by atoms with Crippen molar-refractivity contribution >= 4 is 11.5 Å². The fourth-order valence-corrected chi connectivity index (χ4v) is 3.51. The zero-order chi connectivity index (χ0) is 13.3. The van der Waals surface area contributed by atoms with E-state index < -0.39 is 5.60 Å². The molecular formula is C16H20N2O. The first kappa shape index (κ1) is 11.5. The molecule has 1 unspecified atom stereocenters. The van der Waals surface area contributed by atoms with E-state index in [1.807, 2.05) is 6.07 Å². The van der Waals surface area contributed by atoms with Crippen molar-refractivity contribution in [2.24, 2.45) is 16.3 Å². The Morgan fingerprint density at radius 3 is 2.74 bits per heavy atom. The highest BCUT2D eigenvalue weighted by Crippen LogP contribution is 2.54. The van der Waals surface area contributed by atoms with Crippen LogP contribution >= 0.6 is 0 Å². The number of aliphatic hydroxyl groups is 1. The zero-order valence-corrected chi connectivity index (χ0v) is 11.6. The minimum atomic E-state index is -0.826. The van der Waals surface area contributed by atoms with Gasteiger partial charge in [-0.3, -0.25) is 4.99 Å². The summed E-state index contributed by atoms with van der Waals surface area (Å²) in [6.45, 7) is 6.23. The van der Waals surface area contributed by atoms with Crippen molar-refractivity contribution in [3.05, 3.63) is 29.8 Å². The van der Waals surface area contributed by atoms with Crippen LogP contribution in [0.1, 0.15) is 32.3 Å². The number of benzene rings is 1. The molecule has 0 aromatic heterocycles. The lowest BCUT2D eigenvalue weighted by atomic mass is 9.87.